The number of benzene rings is 1. The number of nitrogens with one attached hydrogen (secondary N) is 1. The molecule has 0 fully saturated rings. The van der Waals surface area contributed by atoms with Crippen LogP contribution in [0.25, 0.3) is 0 Å². The van der Waals surface area contributed by atoms with Crippen LogP contribution in [0.5, 0.6) is 17.4 Å². The van der Waals surface area contributed by atoms with Crippen LogP contribution in [-0.2, 0) is 6.54 Å². The minimum atomic E-state index is 0.114. The lowest BCUT2D eigenvalue weighted by atomic mass is 10.2. The Morgan fingerprint density at radius 3 is 2.45 bits per heavy atom. The average molecular weight is 302 g/mol. The molecule has 0 aliphatic heterocycles. The summed E-state index contributed by atoms with van der Waals surface area (Å²) in [6.07, 6.45) is 1.86. The average Bonchev–Trinajstić information content (AvgIpc) is 2.54. The highest BCUT2D eigenvalue weighted by Gasteiger charge is 2.07. The number of hydrogen-bond donors (Lipinski definition) is 1. The molecule has 0 aliphatic carbocycles. The number of pyridine rings is 1. The van der Waals surface area contributed by atoms with Crippen LogP contribution in [0.4, 0.5) is 5.69 Å². The van der Waals surface area contributed by atoms with Gasteiger partial charge in [0, 0.05) is 12.6 Å². The van der Waals surface area contributed by atoms with Crippen LogP contribution < -0.4 is 19.5 Å². The number of anilines is 1. The summed E-state index contributed by atoms with van der Waals surface area (Å²) in [5, 5.41) is 3.31. The van der Waals surface area contributed by atoms with E-state index in [4.69, 9.17) is 14.2 Å². The van der Waals surface area contributed by atoms with E-state index in [-0.39, 0.29) is 6.10 Å². The van der Waals surface area contributed by atoms with Crippen LogP contribution in [-0.4, -0.2) is 25.3 Å². The molecule has 5 nitrogen and oxygen atoms in total. The molecule has 0 bridgehead atoms. The van der Waals surface area contributed by atoms with Crippen molar-refractivity contribution in [1.29, 1.82) is 0 Å². The highest BCUT2D eigenvalue weighted by Crippen LogP contribution is 2.29. The Morgan fingerprint density at radius 2 is 1.86 bits per heavy atom. The van der Waals surface area contributed by atoms with Gasteiger partial charge < -0.3 is 19.5 Å². The van der Waals surface area contributed by atoms with Crippen molar-refractivity contribution in [2.45, 2.75) is 26.5 Å². The largest absolute Gasteiger partial charge is 0.493 e. The molecule has 0 amide bonds. The second-order valence-electron chi connectivity index (χ2n) is 5.09. The van der Waals surface area contributed by atoms with Crippen molar-refractivity contribution in [2.24, 2.45) is 0 Å². The fourth-order valence-corrected chi connectivity index (χ4v) is 1.98. The maximum atomic E-state index is 5.71. The van der Waals surface area contributed by atoms with Crippen molar-refractivity contribution in [3.63, 3.8) is 0 Å². The predicted octanol–water partition coefficient (Wildman–Crippen LogP) is 3.50. The molecule has 1 N–H and O–H groups in total. The van der Waals surface area contributed by atoms with E-state index in [0.29, 0.717) is 12.4 Å². The molecule has 0 spiro atoms. The fraction of sp³-hybridized carbons (Fsp3) is 0.353. The van der Waals surface area contributed by atoms with Crippen LogP contribution in [0.15, 0.2) is 36.5 Å². The zero-order valence-corrected chi connectivity index (χ0v) is 13.4. The van der Waals surface area contributed by atoms with Gasteiger partial charge in [0.15, 0.2) is 11.5 Å². The Balaban J connectivity index is 2.02. The van der Waals surface area contributed by atoms with Gasteiger partial charge in [0.25, 0.3) is 0 Å². The van der Waals surface area contributed by atoms with E-state index in [1.54, 1.807) is 20.4 Å². The van der Waals surface area contributed by atoms with Crippen LogP contribution in [0.1, 0.15) is 19.4 Å². The van der Waals surface area contributed by atoms with Gasteiger partial charge in [-0.1, -0.05) is 6.07 Å². The number of nitrogens with zero attached hydrogens (tertiary/aromatic N) is 1. The monoisotopic (exact) mass is 302 g/mol. The molecule has 1 heterocycles. The van der Waals surface area contributed by atoms with Crippen molar-refractivity contribution in [1.82, 2.24) is 4.98 Å². The zero-order valence-electron chi connectivity index (χ0n) is 13.4. The third-order valence-electron chi connectivity index (χ3n) is 3.03. The van der Waals surface area contributed by atoms with Gasteiger partial charge in [-0.2, -0.15) is 0 Å². The summed E-state index contributed by atoms with van der Waals surface area (Å²) in [7, 11) is 3.25. The molecule has 0 aliphatic rings. The first-order valence-corrected chi connectivity index (χ1v) is 7.20. The Morgan fingerprint density at radius 1 is 1.05 bits per heavy atom. The molecule has 118 valence electrons. The van der Waals surface area contributed by atoms with Crippen LogP contribution in [0, 0.1) is 0 Å². The van der Waals surface area contributed by atoms with E-state index in [2.05, 4.69) is 10.3 Å². The second kappa shape index (κ2) is 7.54. The lowest BCUT2D eigenvalue weighted by molar-refractivity contribution is 0.230. The van der Waals surface area contributed by atoms with Crippen LogP contribution >= 0.6 is 0 Å². The molecule has 1 aromatic carbocycles. The Kier molecular flexibility index (Phi) is 5.47. The molecular formula is C17H22N2O3. The first-order valence-electron chi connectivity index (χ1n) is 7.20. The topological polar surface area (TPSA) is 52.6 Å². The molecule has 0 radical (unpaired) electrons. The zero-order chi connectivity index (χ0) is 15.9. The quantitative estimate of drug-likeness (QED) is 0.848. The van der Waals surface area contributed by atoms with Gasteiger partial charge in [-0.3, -0.25) is 0 Å². The summed E-state index contributed by atoms with van der Waals surface area (Å²) >= 11 is 0. The van der Waals surface area contributed by atoms with E-state index in [9.17, 15) is 0 Å². The number of methoxy groups -OCH3 is 2. The molecule has 1 aromatic heterocycles. The highest BCUT2D eigenvalue weighted by atomic mass is 16.5. The molecule has 0 atom stereocenters. The van der Waals surface area contributed by atoms with E-state index in [0.717, 1.165) is 22.7 Å². The van der Waals surface area contributed by atoms with Gasteiger partial charge in [-0.05, 0) is 37.6 Å². The van der Waals surface area contributed by atoms with Crippen molar-refractivity contribution < 1.29 is 14.2 Å². The maximum absolute atomic E-state index is 5.71. The lowest BCUT2D eigenvalue weighted by Gasteiger charge is -2.15. The van der Waals surface area contributed by atoms with E-state index in [1.165, 1.54) is 0 Å². The minimum Gasteiger partial charge on any atom is -0.493 e. The summed E-state index contributed by atoms with van der Waals surface area (Å²) in [6.45, 7) is 4.66. The number of ether oxygens (including phenoxy) is 3. The summed E-state index contributed by atoms with van der Waals surface area (Å²) in [5.74, 6) is 2.09. The predicted molar refractivity (Wildman–Crippen MR) is 86.9 cm³/mol. The Bertz CT molecular complexity index is 597. The van der Waals surface area contributed by atoms with Crippen LogP contribution in [0.2, 0.25) is 0 Å². The fourth-order valence-electron chi connectivity index (χ4n) is 1.98. The molecular weight excluding hydrogens is 280 g/mol. The van der Waals surface area contributed by atoms with Gasteiger partial charge >= 0.3 is 0 Å². The molecule has 0 unspecified atom stereocenters. The van der Waals surface area contributed by atoms with Crippen molar-refractivity contribution >= 4 is 5.69 Å². The standard InChI is InChI=1S/C17H22N2O3/c1-12(2)22-15-7-5-13(9-16(15)20-3)10-18-14-6-8-17(21-4)19-11-14/h5-9,11-12,18H,10H2,1-4H3. The molecule has 5 heteroatoms. The molecule has 2 rings (SSSR count). The Labute approximate surface area is 131 Å². The molecule has 22 heavy (non-hydrogen) atoms. The van der Waals surface area contributed by atoms with Gasteiger partial charge in [0.1, 0.15) is 0 Å². The second-order valence-corrected chi connectivity index (χ2v) is 5.09. The van der Waals surface area contributed by atoms with Gasteiger partial charge in [-0.25, -0.2) is 4.98 Å². The summed E-state index contributed by atoms with van der Waals surface area (Å²) in [4.78, 5) is 4.16. The summed E-state index contributed by atoms with van der Waals surface area (Å²) in [5.41, 5.74) is 2.03. The number of aromatic nitrogens is 1. The van der Waals surface area contributed by atoms with Gasteiger partial charge in [0.2, 0.25) is 5.88 Å². The van der Waals surface area contributed by atoms with E-state index < -0.39 is 0 Å². The van der Waals surface area contributed by atoms with Crippen molar-refractivity contribution in [3.05, 3.63) is 42.1 Å². The van der Waals surface area contributed by atoms with Crippen molar-refractivity contribution in [3.8, 4) is 17.4 Å². The van der Waals surface area contributed by atoms with Gasteiger partial charge in [-0.15, -0.1) is 0 Å². The van der Waals surface area contributed by atoms with Crippen LogP contribution in [0.3, 0.4) is 0 Å². The molecule has 0 saturated heterocycles. The van der Waals surface area contributed by atoms with Gasteiger partial charge in [0.05, 0.1) is 32.2 Å². The smallest absolute Gasteiger partial charge is 0.213 e. The minimum absolute atomic E-state index is 0.114. The number of hydrogen-bond acceptors (Lipinski definition) is 5. The molecule has 0 saturated carbocycles. The first kappa shape index (κ1) is 15.9. The lowest BCUT2D eigenvalue weighted by Crippen LogP contribution is -2.07. The first-order chi connectivity index (χ1) is 10.6. The molecule has 2 aromatic rings. The van der Waals surface area contributed by atoms with E-state index >= 15 is 0 Å². The SMILES string of the molecule is COc1ccc(NCc2ccc(OC(C)C)c(OC)c2)cn1. The van der Waals surface area contributed by atoms with Crippen molar-refractivity contribution in [2.75, 3.05) is 19.5 Å². The van der Waals surface area contributed by atoms with E-state index in [1.807, 2.05) is 44.2 Å². The maximum Gasteiger partial charge on any atom is 0.213 e. The third kappa shape index (κ3) is 4.28. The highest BCUT2D eigenvalue weighted by molar-refractivity contribution is 5.46. The summed E-state index contributed by atoms with van der Waals surface area (Å²) in [6, 6.07) is 9.68. The number of rotatable bonds is 7. The third-order valence-corrected chi connectivity index (χ3v) is 3.03. The Hall–Kier alpha value is -2.43. The summed E-state index contributed by atoms with van der Waals surface area (Å²) < 4.78 is 16.1. The normalized spacial score (nSPS) is 10.4.